The van der Waals surface area contributed by atoms with Crippen LogP contribution in [0.2, 0.25) is 0 Å². The minimum absolute atomic E-state index is 0.713. The number of hydrogen-bond donors (Lipinski definition) is 0. The van der Waals surface area contributed by atoms with Crippen molar-refractivity contribution in [3.63, 3.8) is 0 Å². The van der Waals surface area contributed by atoms with E-state index in [1.54, 1.807) is 11.1 Å². The molecule has 2 aliphatic rings. The molecule has 0 aliphatic heterocycles. The molecule has 0 heteroatoms. The van der Waals surface area contributed by atoms with Crippen LogP contribution in [0, 0.1) is 5.92 Å². The molecule has 0 unspecified atom stereocenters. The summed E-state index contributed by atoms with van der Waals surface area (Å²) in [6.07, 6.45) is 18.5. The normalized spacial score (nSPS) is 19.3. The summed E-state index contributed by atoms with van der Waals surface area (Å²) < 4.78 is 0. The predicted octanol–water partition coefficient (Wildman–Crippen LogP) is 4.18. The van der Waals surface area contributed by atoms with Gasteiger partial charge in [-0.2, -0.15) is 0 Å². The van der Waals surface area contributed by atoms with Gasteiger partial charge in [0.05, 0.1) is 0 Å². The van der Waals surface area contributed by atoms with Gasteiger partial charge in [0.2, 0.25) is 0 Å². The molecule has 0 saturated carbocycles. The highest BCUT2D eigenvalue weighted by atomic mass is 14.2. The first-order chi connectivity index (χ1) is 6.92. The van der Waals surface area contributed by atoms with Gasteiger partial charge in [-0.15, -0.1) is 0 Å². The molecule has 14 heavy (non-hydrogen) atoms. The second-order valence-electron chi connectivity index (χ2n) is 4.09. The SMILES string of the molecule is CCCC(C1=CC=CC1)C1=CC=CC1. The van der Waals surface area contributed by atoms with E-state index in [-0.39, 0.29) is 0 Å². The third-order valence-corrected chi connectivity index (χ3v) is 3.07. The molecule has 0 aromatic carbocycles. The topological polar surface area (TPSA) is 0 Å². The Morgan fingerprint density at radius 1 is 1.07 bits per heavy atom. The van der Waals surface area contributed by atoms with E-state index in [1.165, 1.54) is 25.7 Å². The van der Waals surface area contributed by atoms with Crippen molar-refractivity contribution in [3.8, 4) is 0 Å². The van der Waals surface area contributed by atoms with Gasteiger partial charge in [-0.25, -0.2) is 0 Å². The summed E-state index contributed by atoms with van der Waals surface area (Å²) in [4.78, 5) is 0. The van der Waals surface area contributed by atoms with Crippen LogP contribution in [-0.2, 0) is 0 Å². The van der Waals surface area contributed by atoms with E-state index in [2.05, 4.69) is 43.4 Å². The van der Waals surface area contributed by atoms with Crippen molar-refractivity contribution in [1.29, 1.82) is 0 Å². The summed E-state index contributed by atoms with van der Waals surface area (Å²) in [5.41, 5.74) is 3.23. The lowest BCUT2D eigenvalue weighted by Crippen LogP contribution is -2.05. The minimum Gasteiger partial charge on any atom is -0.0804 e. The molecule has 0 radical (unpaired) electrons. The number of rotatable bonds is 4. The highest BCUT2D eigenvalue weighted by molar-refractivity contribution is 5.35. The lowest BCUT2D eigenvalue weighted by atomic mass is 9.86. The fraction of sp³-hybridized carbons (Fsp3) is 0.429. The van der Waals surface area contributed by atoms with Crippen molar-refractivity contribution in [2.24, 2.45) is 5.92 Å². The third-order valence-electron chi connectivity index (χ3n) is 3.07. The molecule has 74 valence electrons. The Morgan fingerprint density at radius 2 is 1.64 bits per heavy atom. The molecule has 0 saturated heterocycles. The molecule has 2 aliphatic carbocycles. The summed E-state index contributed by atoms with van der Waals surface area (Å²) in [6, 6.07) is 0. The first-order valence-electron chi connectivity index (χ1n) is 5.63. The van der Waals surface area contributed by atoms with Crippen LogP contribution < -0.4 is 0 Å². The van der Waals surface area contributed by atoms with Crippen LogP contribution in [-0.4, -0.2) is 0 Å². The molecular weight excluding hydrogens is 168 g/mol. The van der Waals surface area contributed by atoms with E-state index in [0.717, 1.165) is 0 Å². The Kier molecular flexibility index (Phi) is 3.03. The van der Waals surface area contributed by atoms with Crippen LogP contribution in [0.3, 0.4) is 0 Å². The lowest BCUT2D eigenvalue weighted by molar-refractivity contribution is 0.611. The van der Waals surface area contributed by atoms with E-state index in [1.807, 2.05) is 0 Å². The molecule has 2 rings (SSSR count). The third kappa shape index (κ3) is 1.89. The highest BCUT2D eigenvalue weighted by Crippen LogP contribution is 2.34. The number of allylic oxidation sites excluding steroid dienone is 8. The van der Waals surface area contributed by atoms with Crippen molar-refractivity contribution in [3.05, 3.63) is 47.6 Å². The zero-order valence-corrected chi connectivity index (χ0v) is 8.87. The molecule has 0 atom stereocenters. The molecule has 0 heterocycles. The van der Waals surface area contributed by atoms with Crippen molar-refractivity contribution in [2.75, 3.05) is 0 Å². The average molecular weight is 186 g/mol. The maximum absolute atomic E-state index is 2.31. The fourth-order valence-electron chi connectivity index (χ4n) is 2.34. The van der Waals surface area contributed by atoms with Gasteiger partial charge in [0.25, 0.3) is 0 Å². The summed E-state index contributed by atoms with van der Waals surface area (Å²) in [5.74, 6) is 0.713. The van der Waals surface area contributed by atoms with E-state index in [0.29, 0.717) is 5.92 Å². The zero-order chi connectivity index (χ0) is 9.80. The first-order valence-corrected chi connectivity index (χ1v) is 5.63. The van der Waals surface area contributed by atoms with E-state index < -0.39 is 0 Å². The van der Waals surface area contributed by atoms with Gasteiger partial charge in [-0.3, -0.25) is 0 Å². The van der Waals surface area contributed by atoms with Crippen LogP contribution >= 0.6 is 0 Å². The van der Waals surface area contributed by atoms with Crippen LogP contribution in [0.5, 0.6) is 0 Å². The Hall–Kier alpha value is -1.04. The van der Waals surface area contributed by atoms with Crippen molar-refractivity contribution in [2.45, 2.75) is 32.6 Å². The quantitative estimate of drug-likeness (QED) is 0.618. The van der Waals surface area contributed by atoms with Gasteiger partial charge >= 0.3 is 0 Å². The second kappa shape index (κ2) is 4.45. The van der Waals surface area contributed by atoms with E-state index >= 15 is 0 Å². The van der Waals surface area contributed by atoms with Gasteiger partial charge in [0.15, 0.2) is 0 Å². The Labute approximate surface area is 86.7 Å². The lowest BCUT2D eigenvalue weighted by Gasteiger charge is -2.19. The maximum atomic E-state index is 2.31. The van der Waals surface area contributed by atoms with Crippen LogP contribution in [0.15, 0.2) is 47.6 Å². The van der Waals surface area contributed by atoms with Crippen molar-refractivity contribution >= 4 is 0 Å². The Morgan fingerprint density at radius 3 is 2.00 bits per heavy atom. The monoisotopic (exact) mass is 186 g/mol. The van der Waals surface area contributed by atoms with Crippen LogP contribution in [0.1, 0.15) is 32.6 Å². The average Bonchev–Trinajstić information content (AvgIpc) is 2.87. The molecule has 0 amide bonds. The standard InChI is InChI=1S/C14H18/c1-2-7-14(12-8-3-4-9-12)13-10-5-6-11-13/h3-6,8,10,14H,2,7,9,11H2,1H3. The van der Waals surface area contributed by atoms with E-state index in [9.17, 15) is 0 Å². The second-order valence-corrected chi connectivity index (χ2v) is 4.09. The Balaban J connectivity index is 2.07. The molecule has 0 aromatic rings. The molecular formula is C14H18. The summed E-state index contributed by atoms with van der Waals surface area (Å²) in [7, 11) is 0. The van der Waals surface area contributed by atoms with Gasteiger partial charge in [-0.1, -0.05) is 60.9 Å². The molecule has 0 aromatic heterocycles. The summed E-state index contributed by atoms with van der Waals surface area (Å²) in [5, 5.41) is 0. The maximum Gasteiger partial charge on any atom is 0.00193 e. The molecule has 0 nitrogen and oxygen atoms in total. The van der Waals surface area contributed by atoms with Crippen molar-refractivity contribution in [1.82, 2.24) is 0 Å². The van der Waals surface area contributed by atoms with Crippen molar-refractivity contribution < 1.29 is 0 Å². The fourth-order valence-corrected chi connectivity index (χ4v) is 2.34. The predicted molar refractivity (Wildman–Crippen MR) is 62.1 cm³/mol. The van der Waals surface area contributed by atoms with Gasteiger partial charge < -0.3 is 0 Å². The van der Waals surface area contributed by atoms with Gasteiger partial charge in [0.1, 0.15) is 0 Å². The largest absolute Gasteiger partial charge is 0.0804 e. The number of hydrogen-bond acceptors (Lipinski definition) is 0. The highest BCUT2D eigenvalue weighted by Gasteiger charge is 2.18. The summed E-state index contributed by atoms with van der Waals surface area (Å²) in [6.45, 7) is 2.28. The molecule has 0 fully saturated rings. The van der Waals surface area contributed by atoms with Crippen LogP contribution in [0.25, 0.3) is 0 Å². The minimum atomic E-state index is 0.713. The smallest absolute Gasteiger partial charge is 0.00193 e. The Bertz CT molecular complexity index is 283. The van der Waals surface area contributed by atoms with Crippen LogP contribution in [0.4, 0.5) is 0 Å². The summed E-state index contributed by atoms with van der Waals surface area (Å²) >= 11 is 0. The molecule has 0 bridgehead atoms. The first kappa shape index (κ1) is 9.51. The van der Waals surface area contributed by atoms with E-state index in [4.69, 9.17) is 0 Å². The van der Waals surface area contributed by atoms with Gasteiger partial charge in [-0.05, 0) is 19.3 Å². The molecule has 0 spiro atoms. The van der Waals surface area contributed by atoms with Gasteiger partial charge in [0, 0.05) is 5.92 Å². The molecule has 0 N–H and O–H groups in total. The zero-order valence-electron chi connectivity index (χ0n) is 8.87.